The van der Waals surface area contributed by atoms with Crippen LogP contribution in [0.5, 0.6) is 0 Å². The van der Waals surface area contributed by atoms with Crippen molar-refractivity contribution < 1.29 is 0 Å². The predicted octanol–water partition coefficient (Wildman–Crippen LogP) is 1.99. The van der Waals surface area contributed by atoms with Crippen LogP contribution in [-0.2, 0) is 6.54 Å². The van der Waals surface area contributed by atoms with Crippen molar-refractivity contribution >= 4 is 5.69 Å². The third kappa shape index (κ3) is 3.45. The first kappa shape index (κ1) is 13.8. The van der Waals surface area contributed by atoms with Crippen molar-refractivity contribution in [2.24, 2.45) is 0 Å². The summed E-state index contributed by atoms with van der Waals surface area (Å²) in [5.74, 6) is 0. The van der Waals surface area contributed by atoms with Gasteiger partial charge in [-0.3, -0.25) is 4.79 Å². The van der Waals surface area contributed by atoms with Gasteiger partial charge in [0.05, 0.1) is 30.1 Å². The molecular weight excluding hydrogens is 252 g/mol. The molecule has 1 heterocycles. The third-order valence-corrected chi connectivity index (χ3v) is 2.84. The minimum absolute atomic E-state index is 0.159. The Kier molecular flexibility index (Phi) is 4.51. The van der Waals surface area contributed by atoms with Crippen LogP contribution in [0.15, 0.2) is 41.3 Å². The maximum absolute atomic E-state index is 12.0. The summed E-state index contributed by atoms with van der Waals surface area (Å²) in [7, 11) is 0. The van der Waals surface area contributed by atoms with Crippen LogP contribution in [0.4, 0.5) is 5.69 Å². The van der Waals surface area contributed by atoms with Gasteiger partial charge in [0, 0.05) is 12.6 Å². The quantitative estimate of drug-likeness (QED) is 0.900. The molecule has 5 heteroatoms. The van der Waals surface area contributed by atoms with Crippen LogP contribution in [0, 0.1) is 11.3 Å². The number of hydrogen-bond acceptors (Lipinski definition) is 4. The van der Waals surface area contributed by atoms with Crippen LogP contribution in [0.25, 0.3) is 0 Å². The average Bonchev–Trinajstić information content (AvgIpc) is 2.48. The van der Waals surface area contributed by atoms with Gasteiger partial charge in [-0.05, 0) is 24.1 Å². The number of anilines is 1. The molecule has 2 aromatic rings. The molecule has 102 valence electrons. The molecule has 1 aromatic carbocycles. The fourth-order valence-corrected chi connectivity index (χ4v) is 1.83. The van der Waals surface area contributed by atoms with Crippen molar-refractivity contribution in [1.82, 2.24) is 9.78 Å². The Morgan fingerprint density at radius 1 is 1.40 bits per heavy atom. The highest BCUT2D eigenvalue weighted by Gasteiger charge is 2.02. The zero-order valence-electron chi connectivity index (χ0n) is 11.3. The lowest BCUT2D eigenvalue weighted by molar-refractivity contribution is 0.639. The van der Waals surface area contributed by atoms with Gasteiger partial charge in [-0.15, -0.1) is 0 Å². The molecule has 0 fully saturated rings. The zero-order chi connectivity index (χ0) is 14.4. The molecule has 0 bridgehead atoms. The van der Waals surface area contributed by atoms with E-state index in [0.717, 1.165) is 24.2 Å². The molecule has 0 saturated carbocycles. The number of nitrogens with zero attached hydrogens (tertiary/aromatic N) is 3. The summed E-state index contributed by atoms with van der Waals surface area (Å²) in [5.41, 5.74) is 2.04. The van der Waals surface area contributed by atoms with E-state index < -0.39 is 0 Å². The SMILES string of the molecule is CCCNc1cnn(Cc2cccc(C#N)c2)c(=O)c1. The minimum atomic E-state index is -0.159. The van der Waals surface area contributed by atoms with E-state index >= 15 is 0 Å². The number of hydrogen-bond donors (Lipinski definition) is 1. The molecule has 0 spiro atoms. The first-order valence-corrected chi connectivity index (χ1v) is 6.53. The second-order valence-electron chi connectivity index (χ2n) is 4.48. The number of aromatic nitrogens is 2. The molecular formula is C15H16N4O. The van der Waals surface area contributed by atoms with Gasteiger partial charge in [-0.2, -0.15) is 10.4 Å². The first-order chi connectivity index (χ1) is 9.72. The summed E-state index contributed by atoms with van der Waals surface area (Å²) in [4.78, 5) is 12.0. The Morgan fingerprint density at radius 2 is 2.25 bits per heavy atom. The molecule has 0 unspecified atom stereocenters. The second kappa shape index (κ2) is 6.53. The third-order valence-electron chi connectivity index (χ3n) is 2.84. The highest BCUT2D eigenvalue weighted by molar-refractivity contribution is 5.38. The van der Waals surface area contributed by atoms with E-state index in [1.54, 1.807) is 24.4 Å². The van der Waals surface area contributed by atoms with Crippen molar-refractivity contribution in [3.63, 3.8) is 0 Å². The van der Waals surface area contributed by atoms with Gasteiger partial charge in [0.1, 0.15) is 0 Å². The summed E-state index contributed by atoms with van der Waals surface area (Å²) in [6.45, 7) is 3.24. The predicted molar refractivity (Wildman–Crippen MR) is 77.5 cm³/mol. The van der Waals surface area contributed by atoms with Crippen molar-refractivity contribution in [2.45, 2.75) is 19.9 Å². The van der Waals surface area contributed by atoms with Gasteiger partial charge in [-0.25, -0.2) is 4.68 Å². The van der Waals surface area contributed by atoms with E-state index in [1.807, 2.05) is 6.07 Å². The molecule has 0 aliphatic rings. The molecule has 0 aliphatic carbocycles. The maximum atomic E-state index is 12.0. The molecule has 2 rings (SSSR count). The van der Waals surface area contributed by atoms with Crippen molar-refractivity contribution in [1.29, 1.82) is 5.26 Å². The van der Waals surface area contributed by atoms with E-state index in [1.165, 1.54) is 10.7 Å². The van der Waals surface area contributed by atoms with Crippen molar-refractivity contribution in [2.75, 3.05) is 11.9 Å². The van der Waals surface area contributed by atoms with Gasteiger partial charge < -0.3 is 5.32 Å². The number of nitriles is 1. The number of benzene rings is 1. The summed E-state index contributed by atoms with van der Waals surface area (Å²) >= 11 is 0. The van der Waals surface area contributed by atoms with E-state index in [9.17, 15) is 4.79 Å². The average molecular weight is 268 g/mol. The van der Waals surface area contributed by atoms with Crippen molar-refractivity contribution in [3.8, 4) is 6.07 Å². The Bertz CT molecular complexity index is 685. The summed E-state index contributed by atoms with van der Waals surface area (Å²) in [6, 6.07) is 10.8. The summed E-state index contributed by atoms with van der Waals surface area (Å²) in [5, 5.41) is 16.1. The minimum Gasteiger partial charge on any atom is -0.384 e. The smallest absolute Gasteiger partial charge is 0.269 e. The highest BCUT2D eigenvalue weighted by Crippen LogP contribution is 2.06. The highest BCUT2D eigenvalue weighted by atomic mass is 16.1. The van der Waals surface area contributed by atoms with E-state index in [4.69, 9.17) is 5.26 Å². The first-order valence-electron chi connectivity index (χ1n) is 6.53. The Morgan fingerprint density at radius 3 is 2.95 bits per heavy atom. The zero-order valence-corrected chi connectivity index (χ0v) is 11.3. The number of rotatable bonds is 5. The van der Waals surface area contributed by atoms with Crippen LogP contribution in [0.1, 0.15) is 24.5 Å². The monoisotopic (exact) mass is 268 g/mol. The molecule has 1 aromatic heterocycles. The van der Waals surface area contributed by atoms with Crippen LogP contribution >= 0.6 is 0 Å². The summed E-state index contributed by atoms with van der Waals surface area (Å²) in [6.07, 6.45) is 2.63. The van der Waals surface area contributed by atoms with Gasteiger partial charge in [0.15, 0.2) is 0 Å². The van der Waals surface area contributed by atoms with Crippen molar-refractivity contribution in [3.05, 3.63) is 58.0 Å². The van der Waals surface area contributed by atoms with Gasteiger partial charge in [-0.1, -0.05) is 19.1 Å². The largest absolute Gasteiger partial charge is 0.384 e. The Labute approximate surface area is 117 Å². The molecule has 0 amide bonds. The lowest BCUT2D eigenvalue weighted by atomic mass is 10.1. The lowest BCUT2D eigenvalue weighted by Gasteiger charge is -2.07. The maximum Gasteiger partial charge on any atom is 0.269 e. The molecule has 0 atom stereocenters. The fraction of sp³-hybridized carbons (Fsp3) is 0.267. The molecule has 1 N–H and O–H groups in total. The van der Waals surface area contributed by atoms with Gasteiger partial charge in [0.25, 0.3) is 5.56 Å². The second-order valence-corrected chi connectivity index (χ2v) is 4.48. The van der Waals surface area contributed by atoms with E-state index in [-0.39, 0.29) is 5.56 Å². The summed E-state index contributed by atoms with van der Waals surface area (Å²) < 4.78 is 1.38. The van der Waals surface area contributed by atoms with Crippen LogP contribution < -0.4 is 10.9 Å². The number of nitrogens with one attached hydrogen (secondary N) is 1. The van der Waals surface area contributed by atoms with E-state index in [2.05, 4.69) is 23.4 Å². The molecule has 20 heavy (non-hydrogen) atoms. The normalized spacial score (nSPS) is 10.0. The molecule has 5 nitrogen and oxygen atoms in total. The topological polar surface area (TPSA) is 70.7 Å². The molecule has 0 saturated heterocycles. The van der Waals surface area contributed by atoms with Gasteiger partial charge >= 0.3 is 0 Å². The molecule has 0 radical (unpaired) electrons. The Balaban J connectivity index is 2.17. The standard InChI is InChI=1S/C15H16N4O/c1-2-6-17-14-8-15(20)19(18-10-14)11-13-5-3-4-12(7-13)9-16/h3-5,7-8,10,17H,2,6,11H2,1H3. The van der Waals surface area contributed by atoms with Crippen LogP contribution in [0.3, 0.4) is 0 Å². The lowest BCUT2D eigenvalue weighted by Crippen LogP contribution is -2.23. The van der Waals surface area contributed by atoms with Crippen LogP contribution in [0.2, 0.25) is 0 Å². The fourth-order valence-electron chi connectivity index (χ4n) is 1.83. The molecule has 0 aliphatic heterocycles. The Hall–Kier alpha value is -2.61. The van der Waals surface area contributed by atoms with E-state index in [0.29, 0.717) is 12.1 Å². The van der Waals surface area contributed by atoms with Gasteiger partial charge in [0.2, 0.25) is 0 Å². The van der Waals surface area contributed by atoms with Crippen LogP contribution in [-0.4, -0.2) is 16.3 Å².